The molecule has 2 amide bonds. The molecule has 0 unspecified atom stereocenters. The van der Waals surface area contributed by atoms with Gasteiger partial charge in [0.05, 0.1) is 6.54 Å². The Morgan fingerprint density at radius 3 is 2.03 bits per heavy atom. The molecule has 0 bridgehead atoms. The fraction of sp³-hybridized carbons (Fsp3) is 0.130. The highest BCUT2D eigenvalue weighted by molar-refractivity contribution is 5.95. The van der Waals surface area contributed by atoms with Crippen LogP contribution in [0.2, 0.25) is 0 Å². The van der Waals surface area contributed by atoms with Crippen LogP contribution in [0.5, 0.6) is 0 Å². The first-order valence-electron chi connectivity index (χ1n) is 9.28. The van der Waals surface area contributed by atoms with Crippen molar-refractivity contribution in [2.45, 2.75) is 0 Å². The average Bonchev–Trinajstić information content (AvgIpc) is 2.78. The first-order valence-corrected chi connectivity index (χ1v) is 9.28. The molecular formula is C23H23N3O3. The predicted molar refractivity (Wildman–Crippen MR) is 114 cm³/mol. The van der Waals surface area contributed by atoms with Gasteiger partial charge in [-0.3, -0.25) is 10.2 Å². The van der Waals surface area contributed by atoms with E-state index in [4.69, 9.17) is 4.74 Å². The summed E-state index contributed by atoms with van der Waals surface area (Å²) in [5.41, 5.74) is 8.16. The number of ether oxygens (including phenoxy) is 1. The van der Waals surface area contributed by atoms with Gasteiger partial charge in [0, 0.05) is 18.3 Å². The number of hydrogen-bond acceptors (Lipinski definition) is 4. The van der Waals surface area contributed by atoms with E-state index in [1.54, 1.807) is 12.1 Å². The minimum Gasteiger partial charge on any atom is -0.446 e. The number of para-hydroxylation sites is 1. The van der Waals surface area contributed by atoms with Crippen LogP contribution in [0.3, 0.4) is 0 Å². The molecule has 29 heavy (non-hydrogen) atoms. The molecule has 3 aromatic carbocycles. The van der Waals surface area contributed by atoms with Gasteiger partial charge in [-0.15, -0.1) is 0 Å². The van der Waals surface area contributed by atoms with E-state index in [9.17, 15) is 9.59 Å². The molecule has 0 saturated carbocycles. The summed E-state index contributed by atoms with van der Waals surface area (Å²) in [6.45, 7) is 0.727. The quantitative estimate of drug-likeness (QED) is 0.628. The number of nitrogens with one attached hydrogen (secondary N) is 2. The minimum atomic E-state index is -0.708. The Morgan fingerprint density at radius 1 is 0.793 bits per heavy atom. The minimum absolute atomic E-state index is 0.193. The van der Waals surface area contributed by atoms with Gasteiger partial charge in [-0.1, -0.05) is 60.7 Å². The molecule has 0 aromatic heterocycles. The molecular weight excluding hydrogens is 366 g/mol. The van der Waals surface area contributed by atoms with Crippen LogP contribution in [0.1, 0.15) is 10.4 Å². The van der Waals surface area contributed by atoms with Crippen LogP contribution in [-0.2, 0) is 4.74 Å². The molecule has 0 atom stereocenters. The molecule has 0 spiro atoms. The van der Waals surface area contributed by atoms with Gasteiger partial charge in [0.15, 0.2) is 0 Å². The van der Waals surface area contributed by atoms with Crippen LogP contribution in [0.25, 0.3) is 11.1 Å². The summed E-state index contributed by atoms with van der Waals surface area (Å²) in [6, 6.07) is 26.8. The summed E-state index contributed by atoms with van der Waals surface area (Å²) < 4.78 is 5.09. The molecule has 0 aliphatic carbocycles. The Kier molecular flexibility index (Phi) is 6.84. The summed E-state index contributed by atoms with van der Waals surface area (Å²) in [5, 5.41) is 0. The third-order valence-corrected chi connectivity index (χ3v) is 4.39. The van der Waals surface area contributed by atoms with E-state index in [0.717, 1.165) is 16.8 Å². The van der Waals surface area contributed by atoms with E-state index in [2.05, 4.69) is 10.9 Å². The Balaban J connectivity index is 1.41. The van der Waals surface area contributed by atoms with Crippen molar-refractivity contribution in [3.05, 3.63) is 90.5 Å². The van der Waals surface area contributed by atoms with Gasteiger partial charge >= 0.3 is 6.09 Å². The molecule has 0 saturated heterocycles. The molecule has 0 fully saturated rings. The topological polar surface area (TPSA) is 70.7 Å². The van der Waals surface area contributed by atoms with E-state index in [0.29, 0.717) is 12.1 Å². The number of anilines is 1. The Bertz CT molecular complexity index is 929. The number of carbonyl (C=O) groups is 2. The molecule has 0 aliphatic heterocycles. The lowest BCUT2D eigenvalue weighted by Crippen LogP contribution is -2.42. The van der Waals surface area contributed by atoms with Crippen molar-refractivity contribution in [1.29, 1.82) is 0 Å². The smallest absolute Gasteiger partial charge is 0.426 e. The standard InChI is InChI=1S/C23H23N3O3/c1-26(21-10-6-3-7-11-21)16-17-29-23(28)25-24-22(27)20-14-12-19(13-15-20)18-8-4-2-5-9-18/h2-15H,16-17H2,1H3,(H,24,27)(H,25,28). The van der Waals surface area contributed by atoms with Crippen molar-refractivity contribution < 1.29 is 14.3 Å². The number of hydrazine groups is 1. The normalized spacial score (nSPS) is 10.1. The molecule has 148 valence electrons. The lowest BCUT2D eigenvalue weighted by atomic mass is 10.0. The van der Waals surface area contributed by atoms with Gasteiger partial charge < -0.3 is 9.64 Å². The Hall–Kier alpha value is -3.80. The predicted octanol–water partition coefficient (Wildman–Crippen LogP) is 3.86. The highest BCUT2D eigenvalue weighted by Crippen LogP contribution is 2.19. The maximum atomic E-state index is 12.2. The Labute approximate surface area is 170 Å². The Morgan fingerprint density at radius 2 is 1.38 bits per heavy atom. The largest absolute Gasteiger partial charge is 0.446 e. The molecule has 0 aliphatic rings. The molecule has 3 rings (SSSR count). The molecule has 2 N–H and O–H groups in total. The van der Waals surface area contributed by atoms with Crippen LogP contribution in [-0.4, -0.2) is 32.2 Å². The molecule has 3 aromatic rings. The summed E-state index contributed by atoms with van der Waals surface area (Å²) >= 11 is 0. The van der Waals surface area contributed by atoms with Gasteiger partial charge in [-0.05, 0) is 35.4 Å². The van der Waals surface area contributed by atoms with Crippen LogP contribution < -0.4 is 15.8 Å². The lowest BCUT2D eigenvalue weighted by Gasteiger charge is -2.19. The number of amides is 2. The third-order valence-electron chi connectivity index (χ3n) is 4.39. The lowest BCUT2D eigenvalue weighted by molar-refractivity contribution is 0.0911. The average molecular weight is 389 g/mol. The number of carbonyl (C=O) groups excluding carboxylic acids is 2. The first kappa shape index (κ1) is 19.9. The molecule has 0 radical (unpaired) electrons. The second kappa shape index (κ2) is 9.94. The van der Waals surface area contributed by atoms with Gasteiger partial charge in [0.25, 0.3) is 5.91 Å². The number of nitrogens with zero attached hydrogens (tertiary/aromatic N) is 1. The van der Waals surface area contributed by atoms with Crippen molar-refractivity contribution in [1.82, 2.24) is 10.9 Å². The zero-order chi connectivity index (χ0) is 20.5. The summed E-state index contributed by atoms with van der Waals surface area (Å²) in [5.74, 6) is -0.414. The van der Waals surface area contributed by atoms with Crippen LogP contribution in [0, 0.1) is 0 Å². The van der Waals surface area contributed by atoms with Crippen LogP contribution >= 0.6 is 0 Å². The fourth-order valence-corrected chi connectivity index (χ4v) is 2.75. The van der Waals surface area contributed by atoms with Crippen molar-refractivity contribution in [3.8, 4) is 11.1 Å². The van der Waals surface area contributed by atoms with Gasteiger partial charge in [-0.2, -0.15) is 0 Å². The second-order valence-corrected chi connectivity index (χ2v) is 6.42. The van der Waals surface area contributed by atoms with Crippen molar-refractivity contribution in [2.24, 2.45) is 0 Å². The van der Waals surface area contributed by atoms with E-state index >= 15 is 0 Å². The van der Waals surface area contributed by atoms with Crippen LogP contribution in [0.15, 0.2) is 84.9 Å². The van der Waals surface area contributed by atoms with Crippen molar-refractivity contribution in [2.75, 3.05) is 25.1 Å². The fourth-order valence-electron chi connectivity index (χ4n) is 2.75. The summed E-state index contributed by atoms with van der Waals surface area (Å²) in [7, 11) is 1.91. The highest BCUT2D eigenvalue weighted by atomic mass is 16.6. The van der Waals surface area contributed by atoms with Gasteiger partial charge in [0.1, 0.15) is 6.61 Å². The second-order valence-electron chi connectivity index (χ2n) is 6.42. The van der Waals surface area contributed by atoms with Gasteiger partial charge in [-0.25, -0.2) is 10.2 Å². The zero-order valence-corrected chi connectivity index (χ0v) is 16.2. The molecule has 0 heterocycles. The SMILES string of the molecule is CN(CCOC(=O)NNC(=O)c1ccc(-c2ccccc2)cc1)c1ccccc1. The zero-order valence-electron chi connectivity index (χ0n) is 16.2. The van der Waals surface area contributed by atoms with E-state index in [1.165, 1.54) is 0 Å². The van der Waals surface area contributed by atoms with Crippen molar-refractivity contribution in [3.63, 3.8) is 0 Å². The number of likely N-dealkylation sites (N-methyl/N-ethyl adjacent to an activating group) is 1. The van der Waals surface area contributed by atoms with Crippen molar-refractivity contribution >= 4 is 17.7 Å². The number of rotatable bonds is 6. The third kappa shape index (κ3) is 5.84. The molecule has 6 nitrogen and oxygen atoms in total. The van der Waals surface area contributed by atoms with E-state index in [-0.39, 0.29) is 6.61 Å². The first-order chi connectivity index (χ1) is 14.1. The van der Waals surface area contributed by atoms with E-state index < -0.39 is 12.0 Å². The molecule has 6 heteroatoms. The summed E-state index contributed by atoms with van der Waals surface area (Å²) in [6.07, 6.45) is -0.708. The van der Waals surface area contributed by atoms with Crippen LogP contribution in [0.4, 0.5) is 10.5 Å². The van der Waals surface area contributed by atoms with Gasteiger partial charge in [0.2, 0.25) is 0 Å². The monoisotopic (exact) mass is 389 g/mol. The summed E-state index contributed by atoms with van der Waals surface area (Å²) in [4.78, 5) is 25.9. The number of benzene rings is 3. The maximum Gasteiger partial charge on any atom is 0.426 e. The maximum absolute atomic E-state index is 12.2. The van der Waals surface area contributed by atoms with E-state index in [1.807, 2.05) is 84.7 Å². The highest BCUT2D eigenvalue weighted by Gasteiger charge is 2.09. The number of hydrogen-bond donors (Lipinski definition) is 2.